The second-order valence-electron chi connectivity index (χ2n) is 3.64. The summed E-state index contributed by atoms with van der Waals surface area (Å²) in [4.78, 5) is 1.85. The molecule has 1 heterocycles. The van der Waals surface area contributed by atoms with Gasteiger partial charge in [-0.1, -0.05) is 11.8 Å². The van der Waals surface area contributed by atoms with Crippen molar-refractivity contribution in [3.05, 3.63) is 51.7 Å². The molecule has 0 amide bonds. The van der Waals surface area contributed by atoms with Gasteiger partial charge in [0.25, 0.3) is 0 Å². The van der Waals surface area contributed by atoms with E-state index in [-0.39, 0.29) is 0 Å². The Morgan fingerprint density at radius 3 is 2.74 bits per heavy atom. The zero-order valence-electron chi connectivity index (χ0n) is 9.95. The third kappa shape index (κ3) is 3.78. The maximum Gasteiger partial charge on any atom is 0.162 e. The van der Waals surface area contributed by atoms with Gasteiger partial charge in [-0.15, -0.1) is 11.3 Å². The fourth-order valence-electron chi connectivity index (χ4n) is 1.38. The van der Waals surface area contributed by atoms with Gasteiger partial charge in [-0.25, -0.2) is 8.78 Å². The van der Waals surface area contributed by atoms with Gasteiger partial charge in [0.2, 0.25) is 0 Å². The highest BCUT2D eigenvalue weighted by Crippen LogP contribution is 2.20. The maximum absolute atomic E-state index is 13.0. The molecule has 0 saturated carbocycles. The average molecular weight is 279 g/mol. The van der Waals surface area contributed by atoms with Crippen LogP contribution in [-0.4, -0.2) is 6.54 Å². The summed E-state index contributed by atoms with van der Waals surface area (Å²) in [5.41, 5.74) is 5.28. The summed E-state index contributed by atoms with van der Waals surface area (Å²) < 4.78 is 31.1. The van der Waals surface area contributed by atoms with Crippen molar-refractivity contribution < 1.29 is 13.5 Å². The summed E-state index contributed by atoms with van der Waals surface area (Å²) in [5.74, 6) is 4.17. The highest BCUT2D eigenvalue weighted by atomic mass is 32.1. The van der Waals surface area contributed by atoms with Crippen LogP contribution in [0, 0.1) is 23.5 Å². The molecule has 0 spiro atoms. The van der Waals surface area contributed by atoms with Crippen LogP contribution in [0.4, 0.5) is 8.78 Å². The molecule has 2 N–H and O–H groups in total. The lowest BCUT2D eigenvalue weighted by molar-refractivity contribution is 0.307. The molecule has 0 atom stereocenters. The molecule has 98 valence electrons. The van der Waals surface area contributed by atoms with Crippen LogP contribution in [0.1, 0.15) is 9.75 Å². The number of halogens is 2. The Morgan fingerprint density at radius 2 is 2.00 bits per heavy atom. The lowest BCUT2D eigenvalue weighted by Gasteiger charge is -2.04. The van der Waals surface area contributed by atoms with Crippen molar-refractivity contribution in [2.75, 3.05) is 6.54 Å². The first kappa shape index (κ1) is 13.5. The van der Waals surface area contributed by atoms with Crippen LogP contribution in [0.25, 0.3) is 0 Å². The molecule has 2 nitrogen and oxygen atoms in total. The van der Waals surface area contributed by atoms with Crippen LogP contribution in [0.2, 0.25) is 0 Å². The molecule has 1 aromatic carbocycles. The van der Waals surface area contributed by atoms with E-state index in [1.165, 1.54) is 17.4 Å². The predicted octanol–water partition coefficient (Wildman–Crippen LogP) is 2.92. The number of thiophene rings is 1. The SMILES string of the molecule is NCC#Cc1ccc(COc2ccc(F)c(F)c2)s1. The third-order valence-electron chi connectivity index (χ3n) is 2.25. The van der Waals surface area contributed by atoms with Crippen LogP contribution < -0.4 is 10.5 Å². The first-order valence-corrected chi connectivity index (χ1v) is 6.36. The molecular formula is C14H11F2NOS. The molecule has 1 aromatic heterocycles. The van der Waals surface area contributed by atoms with Gasteiger partial charge in [-0.3, -0.25) is 0 Å². The lowest BCUT2D eigenvalue weighted by atomic mass is 10.3. The van der Waals surface area contributed by atoms with Gasteiger partial charge >= 0.3 is 0 Å². The molecule has 0 aliphatic rings. The highest BCUT2D eigenvalue weighted by Gasteiger charge is 2.04. The molecule has 0 bridgehead atoms. The topological polar surface area (TPSA) is 35.2 Å². The normalized spacial score (nSPS) is 9.84. The Labute approximate surface area is 113 Å². The molecule has 0 aliphatic heterocycles. The standard InChI is InChI=1S/C14H11F2NOS/c15-13-6-3-10(8-14(13)16)18-9-12-5-4-11(19-12)2-1-7-17/h3-6,8H,7,9,17H2. The van der Waals surface area contributed by atoms with Crippen molar-refractivity contribution in [3.63, 3.8) is 0 Å². The summed E-state index contributed by atoms with van der Waals surface area (Å²) in [6.07, 6.45) is 0. The average Bonchev–Trinajstić information content (AvgIpc) is 2.86. The number of hydrogen-bond acceptors (Lipinski definition) is 3. The van der Waals surface area contributed by atoms with Crippen molar-refractivity contribution >= 4 is 11.3 Å². The van der Waals surface area contributed by atoms with Crippen LogP contribution in [-0.2, 0) is 6.61 Å². The molecule has 0 fully saturated rings. The minimum absolute atomic E-state index is 0.292. The quantitative estimate of drug-likeness (QED) is 0.877. The second-order valence-corrected chi connectivity index (χ2v) is 4.80. The van der Waals surface area contributed by atoms with Crippen LogP contribution in [0.3, 0.4) is 0 Å². The van der Waals surface area contributed by atoms with E-state index in [4.69, 9.17) is 10.5 Å². The van der Waals surface area contributed by atoms with Crippen molar-refractivity contribution in [2.24, 2.45) is 5.73 Å². The van der Waals surface area contributed by atoms with Gasteiger partial charge < -0.3 is 10.5 Å². The summed E-state index contributed by atoms with van der Waals surface area (Å²) >= 11 is 1.48. The van der Waals surface area contributed by atoms with E-state index in [0.717, 1.165) is 21.9 Å². The smallest absolute Gasteiger partial charge is 0.162 e. The van der Waals surface area contributed by atoms with Gasteiger partial charge in [0.1, 0.15) is 12.4 Å². The minimum atomic E-state index is -0.918. The van der Waals surface area contributed by atoms with E-state index in [1.54, 1.807) is 0 Å². The Balaban J connectivity index is 1.98. The number of benzene rings is 1. The van der Waals surface area contributed by atoms with E-state index in [0.29, 0.717) is 18.9 Å². The predicted molar refractivity (Wildman–Crippen MR) is 70.9 cm³/mol. The molecule has 5 heteroatoms. The highest BCUT2D eigenvalue weighted by molar-refractivity contribution is 7.12. The first-order valence-electron chi connectivity index (χ1n) is 5.54. The van der Waals surface area contributed by atoms with Crippen molar-refractivity contribution in [1.82, 2.24) is 0 Å². The molecule has 0 unspecified atom stereocenters. The Kier molecular flexibility index (Phi) is 4.50. The fourth-order valence-corrected chi connectivity index (χ4v) is 2.18. The Morgan fingerprint density at radius 1 is 1.16 bits per heavy atom. The maximum atomic E-state index is 13.0. The van der Waals surface area contributed by atoms with Gasteiger partial charge in [0.05, 0.1) is 11.4 Å². The molecule has 0 radical (unpaired) electrons. The molecule has 2 rings (SSSR count). The van der Waals surface area contributed by atoms with Crippen LogP contribution in [0.15, 0.2) is 30.3 Å². The fraction of sp³-hybridized carbons (Fsp3) is 0.143. The summed E-state index contributed by atoms with van der Waals surface area (Å²) in [5, 5.41) is 0. The molecule has 2 aromatic rings. The van der Waals surface area contributed by atoms with Gasteiger partial charge in [0, 0.05) is 10.9 Å². The van der Waals surface area contributed by atoms with E-state index >= 15 is 0 Å². The summed E-state index contributed by atoms with van der Waals surface area (Å²) in [6.45, 7) is 0.610. The minimum Gasteiger partial charge on any atom is -0.488 e. The second kappa shape index (κ2) is 6.32. The number of nitrogens with two attached hydrogens (primary N) is 1. The molecule has 0 aliphatic carbocycles. The summed E-state index contributed by atoms with van der Waals surface area (Å²) in [7, 11) is 0. The van der Waals surface area contributed by atoms with Gasteiger partial charge in [-0.2, -0.15) is 0 Å². The monoisotopic (exact) mass is 279 g/mol. The van der Waals surface area contributed by atoms with Crippen molar-refractivity contribution in [3.8, 4) is 17.6 Å². The molecule has 0 saturated heterocycles. The summed E-state index contributed by atoms with van der Waals surface area (Å²) in [6, 6.07) is 7.21. The largest absolute Gasteiger partial charge is 0.488 e. The third-order valence-corrected chi connectivity index (χ3v) is 3.22. The van der Waals surface area contributed by atoms with Crippen molar-refractivity contribution in [2.45, 2.75) is 6.61 Å². The molecule has 19 heavy (non-hydrogen) atoms. The number of rotatable bonds is 3. The Hall–Kier alpha value is -1.90. The van der Waals surface area contributed by atoms with E-state index in [2.05, 4.69) is 11.8 Å². The lowest BCUT2D eigenvalue weighted by Crippen LogP contribution is -1.94. The van der Waals surface area contributed by atoms with E-state index < -0.39 is 11.6 Å². The van der Waals surface area contributed by atoms with Gasteiger partial charge in [0.15, 0.2) is 11.6 Å². The van der Waals surface area contributed by atoms with E-state index in [9.17, 15) is 8.78 Å². The van der Waals surface area contributed by atoms with Crippen LogP contribution >= 0.6 is 11.3 Å². The number of ether oxygens (including phenoxy) is 1. The molecular weight excluding hydrogens is 268 g/mol. The number of hydrogen-bond donors (Lipinski definition) is 1. The van der Waals surface area contributed by atoms with Crippen LogP contribution in [0.5, 0.6) is 5.75 Å². The van der Waals surface area contributed by atoms with E-state index in [1.807, 2.05) is 12.1 Å². The Bertz CT molecular complexity index is 628. The van der Waals surface area contributed by atoms with Gasteiger partial charge in [-0.05, 0) is 24.3 Å². The van der Waals surface area contributed by atoms with Crippen molar-refractivity contribution in [1.29, 1.82) is 0 Å². The first-order chi connectivity index (χ1) is 9.19. The zero-order chi connectivity index (χ0) is 13.7. The zero-order valence-corrected chi connectivity index (χ0v) is 10.8.